The van der Waals surface area contributed by atoms with Crippen molar-refractivity contribution in [2.45, 2.75) is 77.7 Å². The van der Waals surface area contributed by atoms with Gasteiger partial charge in [-0.15, -0.1) is 0 Å². The molecule has 4 N–H and O–H groups in total. The first-order valence-corrected chi connectivity index (χ1v) is 11.8. The number of anilines is 1. The molecule has 0 bridgehead atoms. The van der Waals surface area contributed by atoms with Crippen LogP contribution in [0.3, 0.4) is 0 Å². The maximum atomic E-state index is 12.7. The number of nitrogens with two attached hydrogens (primary N) is 1. The number of ether oxygens (including phenoxy) is 3. The van der Waals surface area contributed by atoms with E-state index >= 15 is 0 Å². The van der Waals surface area contributed by atoms with Crippen LogP contribution < -0.4 is 10.8 Å². The Morgan fingerprint density at radius 2 is 2.13 bits per heavy atom. The van der Waals surface area contributed by atoms with Crippen molar-refractivity contribution in [1.82, 2.24) is 24.6 Å². The van der Waals surface area contributed by atoms with Crippen LogP contribution in [0.5, 0.6) is 0 Å². The first-order chi connectivity index (χ1) is 14.0. The van der Waals surface area contributed by atoms with Crippen LogP contribution in [0.4, 0.5) is 5.82 Å². The molecule has 0 amide bonds. The van der Waals surface area contributed by atoms with Crippen molar-refractivity contribution in [3.05, 3.63) is 12.7 Å². The van der Waals surface area contributed by atoms with Gasteiger partial charge in [0, 0.05) is 12.5 Å². The Labute approximate surface area is 175 Å². The number of fused-ring (bicyclic) bond motifs is 1. The monoisotopic (exact) mass is 442 g/mol. The second-order valence-corrected chi connectivity index (χ2v) is 10.2. The molecule has 0 spiro atoms. The van der Waals surface area contributed by atoms with Gasteiger partial charge in [0.05, 0.1) is 31.2 Å². The molecule has 2 aromatic rings. The van der Waals surface area contributed by atoms with Gasteiger partial charge in [0.1, 0.15) is 18.2 Å². The number of imidazole rings is 1. The van der Waals surface area contributed by atoms with E-state index in [0.29, 0.717) is 29.9 Å². The van der Waals surface area contributed by atoms with Gasteiger partial charge in [-0.1, -0.05) is 0 Å². The Bertz CT molecular complexity index is 922. The Balaban J connectivity index is 1.53. The number of nitrogen functional groups attached to an aromatic ring is 1. The highest BCUT2D eigenvalue weighted by Crippen LogP contribution is 2.38. The molecular formula is C18H31N6O5P. The van der Waals surface area contributed by atoms with E-state index in [-0.39, 0.29) is 30.7 Å². The molecule has 2 aromatic heterocycles. The van der Waals surface area contributed by atoms with Gasteiger partial charge < -0.3 is 29.4 Å². The van der Waals surface area contributed by atoms with Gasteiger partial charge in [-0.05, 0) is 34.6 Å². The smallest absolute Gasteiger partial charge is 0.292 e. The number of aromatic nitrogens is 4. The van der Waals surface area contributed by atoms with Crippen LogP contribution in [0.25, 0.3) is 11.2 Å². The highest BCUT2D eigenvalue weighted by atomic mass is 31.2. The summed E-state index contributed by atoms with van der Waals surface area (Å²) in [6, 6.07) is -0.345. The van der Waals surface area contributed by atoms with Crippen molar-refractivity contribution in [2.24, 2.45) is 0 Å². The Morgan fingerprint density at radius 3 is 2.83 bits per heavy atom. The summed E-state index contributed by atoms with van der Waals surface area (Å²) in [7, 11) is -3.74. The maximum absolute atomic E-state index is 12.7. The summed E-state index contributed by atoms with van der Waals surface area (Å²) in [6.45, 7) is 9.68. The highest BCUT2D eigenvalue weighted by molar-refractivity contribution is 7.55. The maximum Gasteiger partial charge on any atom is 0.292 e. The third-order valence-electron chi connectivity index (χ3n) is 4.86. The van der Waals surface area contributed by atoms with E-state index in [1.54, 1.807) is 10.9 Å². The van der Waals surface area contributed by atoms with Gasteiger partial charge in [0.25, 0.3) is 7.52 Å². The number of hydrogen-bond acceptors (Lipinski definition) is 8. The summed E-state index contributed by atoms with van der Waals surface area (Å²) in [5.74, 6) is -0.429. The molecule has 5 atom stereocenters. The van der Waals surface area contributed by atoms with Gasteiger partial charge in [0.2, 0.25) is 0 Å². The summed E-state index contributed by atoms with van der Waals surface area (Å²) < 4.78 is 31.7. The predicted octanol–water partition coefficient (Wildman–Crippen LogP) is 1.86. The van der Waals surface area contributed by atoms with Crippen molar-refractivity contribution in [3.8, 4) is 0 Å². The fraction of sp³-hybridized carbons (Fsp3) is 0.722. The number of hydrogen-bond donors (Lipinski definition) is 3. The predicted molar refractivity (Wildman–Crippen MR) is 112 cm³/mol. The molecule has 1 aliphatic rings. The third kappa shape index (κ3) is 5.75. The lowest BCUT2D eigenvalue weighted by molar-refractivity contribution is -0.299. The van der Waals surface area contributed by atoms with E-state index in [0.717, 1.165) is 0 Å². The normalized spacial score (nSPS) is 25.7. The molecule has 3 rings (SSSR count). The molecule has 5 unspecified atom stereocenters. The summed E-state index contributed by atoms with van der Waals surface area (Å²) in [5, 5.41) is 2.78. The molecule has 1 saturated heterocycles. The average Bonchev–Trinajstić information content (AvgIpc) is 3.02. The van der Waals surface area contributed by atoms with Crippen LogP contribution >= 0.6 is 7.52 Å². The molecule has 0 aromatic carbocycles. The Morgan fingerprint density at radius 1 is 1.40 bits per heavy atom. The van der Waals surface area contributed by atoms with E-state index in [9.17, 15) is 9.46 Å². The number of rotatable bonds is 8. The minimum atomic E-state index is -3.74. The van der Waals surface area contributed by atoms with Crippen LogP contribution in [-0.4, -0.2) is 60.9 Å². The van der Waals surface area contributed by atoms with E-state index in [4.69, 9.17) is 19.9 Å². The van der Waals surface area contributed by atoms with Crippen molar-refractivity contribution in [2.75, 3.05) is 12.1 Å². The first kappa shape index (κ1) is 23.1. The fourth-order valence-corrected chi connectivity index (χ4v) is 4.97. The zero-order valence-corrected chi connectivity index (χ0v) is 18.9. The van der Waals surface area contributed by atoms with Crippen molar-refractivity contribution in [1.29, 1.82) is 0 Å². The molecular weight excluding hydrogens is 411 g/mol. The minimum Gasteiger partial charge on any atom is -0.382 e. The summed E-state index contributed by atoms with van der Waals surface area (Å²) in [4.78, 5) is 22.7. The second-order valence-electron chi connectivity index (χ2n) is 8.27. The van der Waals surface area contributed by atoms with Crippen molar-refractivity contribution < 1.29 is 23.7 Å². The summed E-state index contributed by atoms with van der Waals surface area (Å²) >= 11 is 0. The largest absolute Gasteiger partial charge is 0.382 e. The lowest BCUT2D eigenvalue weighted by Gasteiger charge is -2.42. The molecule has 1 fully saturated rings. The molecule has 1 aliphatic heterocycles. The number of nitrogens with zero attached hydrogens (tertiary/aromatic N) is 4. The van der Waals surface area contributed by atoms with E-state index in [1.807, 2.05) is 34.6 Å². The second kappa shape index (κ2) is 8.86. The van der Waals surface area contributed by atoms with E-state index in [2.05, 4.69) is 20.0 Å². The zero-order valence-electron chi connectivity index (χ0n) is 18.0. The molecule has 0 aliphatic carbocycles. The van der Waals surface area contributed by atoms with Gasteiger partial charge in [-0.2, -0.15) is 0 Å². The zero-order chi connectivity index (χ0) is 22.1. The molecule has 30 heavy (non-hydrogen) atoms. The quantitative estimate of drug-likeness (QED) is 0.518. The fourth-order valence-electron chi connectivity index (χ4n) is 3.64. The lowest BCUT2D eigenvalue weighted by atomic mass is 10.0. The molecule has 3 heterocycles. The standard InChI is InChI=1S/C18H31N6O5P/c1-11-6-14(29-18(4,5)28-11)13(3)23-30(25,26)10-27-12(2)7-24-9-22-15-16(19)20-8-21-17(15)24/h8-9,11-14H,6-7,10H2,1-5H3,(H2,19,20,21)(H2,23,25,26). The lowest BCUT2D eigenvalue weighted by Crippen LogP contribution is -2.50. The van der Waals surface area contributed by atoms with E-state index in [1.165, 1.54) is 6.33 Å². The van der Waals surface area contributed by atoms with Crippen LogP contribution in [0, 0.1) is 0 Å². The van der Waals surface area contributed by atoms with Crippen LogP contribution in [0.15, 0.2) is 12.7 Å². The van der Waals surface area contributed by atoms with Crippen LogP contribution in [0.1, 0.15) is 41.0 Å². The van der Waals surface area contributed by atoms with Crippen molar-refractivity contribution >= 4 is 24.5 Å². The average molecular weight is 442 g/mol. The first-order valence-electron chi connectivity index (χ1n) is 9.94. The van der Waals surface area contributed by atoms with Gasteiger partial charge in [0.15, 0.2) is 17.3 Å². The molecule has 168 valence electrons. The Hall–Kier alpha value is -1.62. The Kier molecular flexibility index (Phi) is 6.81. The van der Waals surface area contributed by atoms with Crippen LogP contribution in [0.2, 0.25) is 0 Å². The molecule has 0 saturated carbocycles. The summed E-state index contributed by atoms with van der Waals surface area (Å²) in [6.07, 6.45) is 2.67. The SMILES string of the molecule is CC(Cn1cnc2c(N)ncnc21)OCP(=O)(O)NC(C)C1CC(C)OC(C)(C)O1. The molecule has 0 radical (unpaired) electrons. The summed E-state index contributed by atoms with van der Waals surface area (Å²) in [5.41, 5.74) is 6.90. The van der Waals surface area contributed by atoms with Gasteiger partial charge >= 0.3 is 0 Å². The minimum absolute atomic E-state index is 0.000185. The third-order valence-corrected chi connectivity index (χ3v) is 6.17. The van der Waals surface area contributed by atoms with Gasteiger partial charge in [-0.3, -0.25) is 4.57 Å². The highest BCUT2D eigenvalue weighted by Gasteiger charge is 2.38. The topological polar surface area (TPSA) is 147 Å². The van der Waals surface area contributed by atoms with Crippen molar-refractivity contribution in [3.63, 3.8) is 0 Å². The van der Waals surface area contributed by atoms with Crippen LogP contribution in [-0.2, 0) is 25.3 Å². The number of nitrogens with one attached hydrogen (secondary N) is 1. The van der Waals surface area contributed by atoms with E-state index < -0.39 is 13.3 Å². The molecule has 12 heteroatoms. The van der Waals surface area contributed by atoms with Gasteiger partial charge in [-0.25, -0.2) is 20.0 Å². The molecule has 11 nitrogen and oxygen atoms in total.